The van der Waals surface area contributed by atoms with Crippen LogP contribution in [0.15, 0.2) is 57.7 Å². The summed E-state index contributed by atoms with van der Waals surface area (Å²) in [6, 6.07) is 13.0. The van der Waals surface area contributed by atoms with Gasteiger partial charge in [0, 0.05) is 23.1 Å². The summed E-state index contributed by atoms with van der Waals surface area (Å²) in [6.45, 7) is 0. The van der Waals surface area contributed by atoms with Crippen LogP contribution in [0.25, 0.3) is 22.3 Å². The van der Waals surface area contributed by atoms with Gasteiger partial charge in [-0.3, -0.25) is 9.59 Å². The van der Waals surface area contributed by atoms with E-state index in [2.05, 4.69) is 0 Å². The Hall–Kier alpha value is -4.86. The number of hydrogen-bond acceptors (Lipinski definition) is 10. The molecule has 0 saturated carbocycles. The van der Waals surface area contributed by atoms with Crippen molar-refractivity contribution in [2.24, 2.45) is 0 Å². The first-order chi connectivity index (χ1) is 18.2. The lowest BCUT2D eigenvalue weighted by Gasteiger charge is -2.23. The molecule has 198 valence electrons. The average molecular weight is 523 g/mol. The SMILES string of the molecule is COC(=O)C[C@H](c1cc(OC)c(OC)c(OC)c1)c1c(O)c(O)c(O)c2c(=O)cc(-c3ccccc3)oc12. The number of carbonyl (C=O) groups is 1. The molecule has 3 N–H and O–H groups in total. The number of phenols is 3. The van der Waals surface area contributed by atoms with Gasteiger partial charge in [-0.15, -0.1) is 0 Å². The van der Waals surface area contributed by atoms with E-state index in [1.54, 1.807) is 42.5 Å². The third-order valence-corrected chi connectivity index (χ3v) is 6.23. The largest absolute Gasteiger partial charge is 0.504 e. The zero-order chi connectivity index (χ0) is 27.6. The summed E-state index contributed by atoms with van der Waals surface area (Å²) in [5.74, 6) is -3.32. The van der Waals surface area contributed by atoms with Crippen LogP contribution in [-0.4, -0.2) is 49.7 Å². The Bertz CT molecular complexity index is 1530. The Morgan fingerprint density at radius 2 is 1.50 bits per heavy atom. The standard InChI is InChI=1S/C28H26O10/c1-34-19-10-15(11-20(35-2)27(19)37-4)16(12-21(30)36-3)22-24(31)26(33)25(32)23-17(29)13-18(38-28(22)23)14-8-6-5-7-9-14/h5-11,13,16,31-33H,12H2,1-4H3/t16-/m1/s1. The van der Waals surface area contributed by atoms with E-state index in [9.17, 15) is 24.9 Å². The molecule has 4 rings (SSSR count). The highest BCUT2D eigenvalue weighted by molar-refractivity contribution is 5.93. The number of fused-ring (bicyclic) bond motifs is 1. The molecule has 38 heavy (non-hydrogen) atoms. The van der Waals surface area contributed by atoms with Crippen LogP contribution < -0.4 is 19.6 Å². The second-order valence-corrected chi connectivity index (χ2v) is 8.30. The summed E-state index contributed by atoms with van der Waals surface area (Å²) in [5, 5.41) is 31.9. The van der Waals surface area contributed by atoms with Crippen LogP contribution >= 0.6 is 0 Å². The molecule has 0 bridgehead atoms. The first-order valence-electron chi connectivity index (χ1n) is 11.4. The summed E-state index contributed by atoms with van der Waals surface area (Å²) in [7, 11) is 5.47. The number of carbonyl (C=O) groups excluding carboxylic acids is 1. The van der Waals surface area contributed by atoms with Gasteiger partial charge in [0.05, 0.1) is 34.9 Å². The van der Waals surface area contributed by atoms with Crippen LogP contribution in [0.2, 0.25) is 0 Å². The van der Waals surface area contributed by atoms with Gasteiger partial charge in [-0.1, -0.05) is 30.3 Å². The molecule has 1 atom stereocenters. The predicted octanol–water partition coefficient (Wildman–Crippen LogP) is 4.30. The molecule has 4 aromatic rings. The lowest BCUT2D eigenvalue weighted by molar-refractivity contribution is -0.140. The molecule has 0 saturated heterocycles. The van der Waals surface area contributed by atoms with Crippen molar-refractivity contribution in [3.05, 3.63) is 69.9 Å². The molecule has 0 spiro atoms. The van der Waals surface area contributed by atoms with Gasteiger partial charge in [-0.25, -0.2) is 0 Å². The van der Waals surface area contributed by atoms with Crippen LogP contribution in [0.4, 0.5) is 0 Å². The molecule has 1 aromatic heterocycles. The van der Waals surface area contributed by atoms with Crippen molar-refractivity contribution >= 4 is 16.9 Å². The van der Waals surface area contributed by atoms with Crippen LogP contribution in [-0.2, 0) is 9.53 Å². The number of benzene rings is 3. The van der Waals surface area contributed by atoms with Gasteiger partial charge < -0.3 is 38.7 Å². The molecular formula is C28H26O10. The highest BCUT2D eigenvalue weighted by atomic mass is 16.5. The van der Waals surface area contributed by atoms with E-state index < -0.39 is 34.6 Å². The number of hydrogen-bond donors (Lipinski definition) is 3. The number of phenolic OH excluding ortho intramolecular Hbond substituents is 3. The summed E-state index contributed by atoms with van der Waals surface area (Å²) in [4.78, 5) is 25.7. The van der Waals surface area contributed by atoms with Crippen molar-refractivity contribution in [1.29, 1.82) is 0 Å². The summed E-state index contributed by atoms with van der Waals surface area (Å²) in [5.41, 5.74) is -0.0707. The molecule has 10 heteroatoms. The number of ether oxygens (including phenoxy) is 4. The maximum absolute atomic E-state index is 13.2. The lowest BCUT2D eigenvalue weighted by atomic mass is 9.85. The number of aromatic hydroxyl groups is 3. The lowest BCUT2D eigenvalue weighted by Crippen LogP contribution is -2.13. The van der Waals surface area contributed by atoms with E-state index in [-0.39, 0.29) is 46.0 Å². The minimum Gasteiger partial charge on any atom is -0.504 e. The minimum absolute atomic E-state index is 0.121. The molecular weight excluding hydrogens is 496 g/mol. The average Bonchev–Trinajstić information content (AvgIpc) is 2.94. The van der Waals surface area contributed by atoms with E-state index in [0.717, 1.165) is 0 Å². The van der Waals surface area contributed by atoms with E-state index >= 15 is 0 Å². The second kappa shape index (κ2) is 10.6. The van der Waals surface area contributed by atoms with Crippen molar-refractivity contribution in [3.8, 4) is 45.8 Å². The van der Waals surface area contributed by atoms with Crippen LogP contribution in [0, 0.1) is 0 Å². The maximum atomic E-state index is 13.2. The Labute approximate surface area is 217 Å². The van der Waals surface area contributed by atoms with Crippen molar-refractivity contribution in [2.75, 3.05) is 28.4 Å². The van der Waals surface area contributed by atoms with Gasteiger partial charge in [0.2, 0.25) is 11.5 Å². The predicted molar refractivity (Wildman–Crippen MR) is 137 cm³/mol. The molecule has 1 heterocycles. The Kier molecular flexibility index (Phi) is 7.33. The highest BCUT2D eigenvalue weighted by Gasteiger charge is 2.32. The van der Waals surface area contributed by atoms with Gasteiger partial charge >= 0.3 is 5.97 Å². The molecule has 0 fully saturated rings. The zero-order valence-electron chi connectivity index (χ0n) is 21.1. The maximum Gasteiger partial charge on any atom is 0.306 e. The fourth-order valence-electron chi connectivity index (χ4n) is 4.38. The minimum atomic E-state index is -1.06. The topological polar surface area (TPSA) is 145 Å². The van der Waals surface area contributed by atoms with Crippen molar-refractivity contribution < 1.29 is 43.5 Å². The molecule has 0 radical (unpaired) electrons. The Balaban J connectivity index is 2.12. The smallest absolute Gasteiger partial charge is 0.306 e. The van der Waals surface area contributed by atoms with Gasteiger partial charge in [0.15, 0.2) is 28.4 Å². The number of methoxy groups -OCH3 is 4. The monoisotopic (exact) mass is 522 g/mol. The van der Waals surface area contributed by atoms with Gasteiger partial charge in [-0.05, 0) is 17.7 Å². The molecule has 0 aliphatic carbocycles. The summed E-state index contributed by atoms with van der Waals surface area (Å²) in [6.07, 6.45) is -0.346. The molecule has 0 amide bonds. The summed E-state index contributed by atoms with van der Waals surface area (Å²) >= 11 is 0. The second-order valence-electron chi connectivity index (χ2n) is 8.30. The van der Waals surface area contributed by atoms with Gasteiger partial charge in [0.1, 0.15) is 16.7 Å². The highest BCUT2D eigenvalue weighted by Crippen LogP contribution is 2.51. The first-order valence-corrected chi connectivity index (χ1v) is 11.4. The zero-order valence-corrected chi connectivity index (χ0v) is 21.1. The third-order valence-electron chi connectivity index (χ3n) is 6.23. The van der Waals surface area contributed by atoms with Crippen molar-refractivity contribution in [2.45, 2.75) is 12.3 Å². The quantitative estimate of drug-likeness (QED) is 0.226. The molecule has 0 unspecified atom stereocenters. The van der Waals surface area contributed by atoms with Crippen molar-refractivity contribution in [1.82, 2.24) is 0 Å². The number of rotatable bonds is 8. The fraction of sp³-hybridized carbons (Fsp3) is 0.214. The van der Waals surface area contributed by atoms with E-state index in [1.165, 1.54) is 34.5 Å². The van der Waals surface area contributed by atoms with Crippen LogP contribution in [0.3, 0.4) is 0 Å². The van der Waals surface area contributed by atoms with Gasteiger partial charge in [0.25, 0.3) is 0 Å². The number of esters is 1. The summed E-state index contributed by atoms with van der Waals surface area (Å²) < 4.78 is 27.3. The van der Waals surface area contributed by atoms with Crippen molar-refractivity contribution in [3.63, 3.8) is 0 Å². The van der Waals surface area contributed by atoms with Gasteiger partial charge in [-0.2, -0.15) is 0 Å². The molecule has 0 aliphatic rings. The molecule has 10 nitrogen and oxygen atoms in total. The molecule has 0 aliphatic heterocycles. The third kappa shape index (κ3) is 4.52. The van der Waals surface area contributed by atoms with E-state index in [0.29, 0.717) is 11.1 Å². The normalized spacial score (nSPS) is 11.7. The fourth-order valence-corrected chi connectivity index (χ4v) is 4.38. The Morgan fingerprint density at radius 1 is 0.868 bits per heavy atom. The first kappa shape index (κ1) is 26.2. The Morgan fingerprint density at radius 3 is 2.05 bits per heavy atom. The van der Waals surface area contributed by atoms with E-state index in [4.69, 9.17) is 23.4 Å². The molecule has 3 aromatic carbocycles. The van der Waals surface area contributed by atoms with Crippen LogP contribution in [0.5, 0.6) is 34.5 Å². The van der Waals surface area contributed by atoms with Crippen LogP contribution in [0.1, 0.15) is 23.5 Å². The van der Waals surface area contributed by atoms with E-state index in [1.807, 2.05) is 0 Å².